The highest BCUT2D eigenvalue weighted by atomic mass is 16.7. The molecule has 0 fully saturated rings. The second-order valence-corrected chi connectivity index (χ2v) is 5.74. The smallest absolute Gasteiger partial charge is 0.375 e. The van der Waals surface area contributed by atoms with E-state index < -0.39 is 18.5 Å². The molecule has 0 radical (unpaired) electrons. The van der Waals surface area contributed by atoms with Crippen LogP contribution >= 0.6 is 0 Å². The number of furan rings is 1. The lowest BCUT2D eigenvalue weighted by Gasteiger charge is -2.07. The summed E-state index contributed by atoms with van der Waals surface area (Å²) in [7, 11) is 0. The van der Waals surface area contributed by atoms with Crippen LogP contribution in [0.15, 0.2) is 46.9 Å². The molecule has 0 aliphatic carbocycles. The van der Waals surface area contributed by atoms with Gasteiger partial charge in [-0.1, -0.05) is 18.2 Å². The fourth-order valence-corrected chi connectivity index (χ4v) is 2.74. The number of ether oxygens (including phenoxy) is 3. The highest BCUT2D eigenvalue weighted by Crippen LogP contribution is 2.34. The number of fused-ring (bicyclic) bond motifs is 2. The average molecular weight is 353 g/mol. The predicted molar refractivity (Wildman–Crippen MR) is 92.4 cm³/mol. The number of rotatable bonds is 4. The Kier molecular flexibility index (Phi) is 3.96. The predicted octanol–water partition coefficient (Wildman–Crippen LogP) is 3.27. The lowest BCUT2D eigenvalue weighted by Crippen LogP contribution is -2.21. The van der Waals surface area contributed by atoms with Crippen LogP contribution in [0.25, 0.3) is 11.0 Å². The summed E-state index contributed by atoms with van der Waals surface area (Å²) in [4.78, 5) is 24.2. The van der Waals surface area contributed by atoms with Crippen LogP contribution in [0.5, 0.6) is 11.5 Å². The standard InChI is InChI=1S/C19H15NO6/c1-11-13-4-2-3-5-14(13)26-18(11)19(22)23-9-17(21)20-12-6-7-15-16(8-12)25-10-24-15/h2-8H,9-10H2,1H3,(H,20,21). The van der Waals surface area contributed by atoms with E-state index in [1.807, 2.05) is 18.2 Å². The molecule has 0 saturated carbocycles. The summed E-state index contributed by atoms with van der Waals surface area (Å²) >= 11 is 0. The zero-order valence-corrected chi connectivity index (χ0v) is 13.9. The molecule has 2 aromatic carbocycles. The van der Waals surface area contributed by atoms with Crippen molar-refractivity contribution in [3.05, 3.63) is 53.8 Å². The van der Waals surface area contributed by atoms with Crippen molar-refractivity contribution in [3.63, 3.8) is 0 Å². The van der Waals surface area contributed by atoms with E-state index in [2.05, 4.69) is 5.32 Å². The number of anilines is 1. The minimum atomic E-state index is -0.681. The van der Waals surface area contributed by atoms with E-state index in [0.717, 1.165) is 5.39 Å². The maximum atomic E-state index is 12.2. The first-order chi connectivity index (χ1) is 12.6. The number of hydrogen-bond donors (Lipinski definition) is 1. The first-order valence-electron chi connectivity index (χ1n) is 7.96. The van der Waals surface area contributed by atoms with E-state index in [0.29, 0.717) is 28.3 Å². The van der Waals surface area contributed by atoms with Gasteiger partial charge in [-0.05, 0) is 25.1 Å². The van der Waals surface area contributed by atoms with Gasteiger partial charge in [-0.25, -0.2) is 4.79 Å². The summed E-state index contributed by atoms with van der Waals surface area (Å²) in [6.45, 7) is 1.50. The second-order valence-electron chi connectivity index (χ2n) is 5.74. The van der Waals surface area contributed by atoms with Crippen molar-refractivity contribution in [3.8, 4) is 11.5 Å². The third-order valence-electron chi connectivity index (χ3n) is 4.02. The molecule has 0 atom stereocenters. The third-order valence-corrected chi connectivity index (χ3v) is 4.02. The second kappa shape index (κ2) is 6.44. The maximum Gasteiger partial charge on any atom is 0.375 e. The van der Waals surface area contributed by atoms with Crippen molar-refractivity contribution < 1.29 is 28.2 Å². The minimum absolute atomic E-state index is 0.0991. The zero-order chi connectivity index (χ0) is 18.1. The van der Waals surface area contributed by atoms with Crippen molar-refractivity contribution in [2.75, 3.05) is 18.7 Å². The molecule has 132 valence electrons. The summed E-state index contributed by atoms with van der Waals surface area (Å²) < 4.78 is 21.0. The number of hydrogen-bond acceptors (Lipinski definition) is 6. The van der Waals surface area contributed by atoms with Gasteiger partial charge in [0.2, 0.25) is 12.6 Å². The van der Waals surface area contributed by atoms with Crippen LogP contribution in [0.3, 0.4) is 0 Å². The molecule has 4 rings (SSSR count). The molecule has 2 heterocycles. The van der Waals surface area contributed by atoms with Crippen molar-refractivity contribution in [1.82, 2.24) is 0 Å². The number of benzene rings is 2. The van der Waals surface area contributed by atoms with Crippen LogP contribution in [0.1, 0.15) is 16.1 Å². The summed E-state index contributed by atoms with van der Waals surface area (Å²) in [6, 6.07) is 12.3. The van der Waals surface area contributed by atoms with Gasteiger partial charge in [-0.3, -0.25) is 4.79 Å². The van der Waals surface area contributed by atoms with Gasteiger partial charge in [-0.2, -0.15) is 0 Å². The lowest BCUT2D eigenvalue weighted by atomic mass is 10.1. The number of carbonyl (C=O) groups excluding carboxylic acids is 2. The zero-order valence-electron chi connectivity index (χ0n) is 13.9. The van der Waals surface area contributed by atoms with Gasteiger partial charge in [-0.15, -0.1) is 0 Å². The molecule has 0 spiro atoms. The number of aryl methyl sites for hydroxylation is 1. The number of nitrogens with one attached hydrogen (secondary N) is 1. The molecule has 0 bridgehead atoms. The van der Waals surface area contributed by atoms with Crippen molar-refractivity contribution >= 4 is 28.5 Å². The van der Waals surface area contributed by atoms with Crippen molar-refractivity contribution in [1.29, 1.82) is 0 Å². The quantitative estimate of drug-likeness (QED) is 0.725. The molecule has 3 aromatic rings. The lowest BCUT2D eigenvalue weighted by molar-refractivity contribution is -0.119. The SMILES string of the molecule is Cc1c(C(=O)OCC(=O)Nc2ccc3c(c2)OCO3)oc2ccccc12. The molecule has 0 saturated heterocycles. The molecule has 1 N–H and O–H groups in total. The molecule has 0 unspecified atom stereocenters. The van der Waals surface area contributed by atoms with E-state index in [1.165, 1.54) is 0 Å². The molecule has 1 aliphatic rings. The van der Waals surface area contributed by atoms with Gasteiger partial charge < -0.3 is 23.9 Å². The first kappa shape index (κ1) is 16.0. The highest BCUT2D eigenvalue weighted by molar-refractivity contribution is 5.98. The maximum absolute atomic E-state index is 12.2. The van der Waals surface area contributed by atoms with Gasteiger partial charge in [0.15, 0.2) is 18.1 Å². The van der Waals surface area contributed by atoms with Gasteiger partial charge in [0.25, 0.3) is 5.91 Å². The van der Waals surface area contributed by atoms with E-state index in [9.17, 15) is 9.59 Å². The Morgan fingerprint density at radius 2 is 1.92 bits per heavy atom. The number of para-hydroxylation sites is 1. The van der Waals surface area contributed by atoms with Gasteiger partial charge in [0, 0.05) is 22.7 Å². The van der Waals surface area contributed by atoms with Gasteiger partial charge in [0.05, 0.1) is 0 Å². The van der Waals surface area contributed by atoms with E-state index in [1.54, 1.807) is 31.2 Å². The Labute approximate surface area is 148 Å². The number of carbonyl (C=O) groups is 2. The summed E-state index contributed by atoms with van der Waals surface area (Å²) in [5, 5.41) is 3.47. The summed E-state index contributed by atoms with van der Waals surface area (Å²) in [5.41, 5.74) is 1.80. The van der Waals surface area contributed by atoms with E-state index in [-0.39, 0.29) is 12.6 Å². The van der Waals surface area contributed by atoms with Crippen LogP contribution in [0.4, 0.5) is 5.69 Å². The third kappa shape index (κ3) is 2.95. The molecule has 1 aliphatic heterocycles. The molecule has 1 aromatic heterocycles. The Balaban J connectivity index is 1.39. The number of esters is 1. The number of amides is 1. The summed E-state index contributed by atoms with van der Waals surface area (Å²) in [6.07, 6.45) is 0. The highest BCUT2D eigenvalue weighted by Gasteiger charge is 2.20. The fourth-order valence-electron chi connectivity index (χ4n) is 2.74. The monoisotopic (exact) mass is 353 g/mol. The van der Waals surface area contributed by atoms with Crippen molar-refractivity contribution in [2.45, 2.75) is 6.92 Å². The van der Waals surface area contributed by atoms with Gasteiger partial charge >= 0.3 is 5.97 Å². The largest absolute Gasteiger partial charge is 0.454 e. The molecule has 7 heteroatoms. The topological polar surface area (TPSA) is 87.0 Å². The Hall–Kier alpha value is -3.48. The summed E-state index contributed by atoms with van der Waals surface area (Å²) in [5.74, 6) is 0.125. The van der Waals surface area contributed by atoms with E-state index in [4.69, 9.17) is 18.6 Å². The molecule has 26 heavy (non-hydrogen) atoms. The average Bonchev–Trinajstić information content (AvgIpc) is 3.24. The fraction of sp³-hybridized carbons (Fsp3) is 0.158. The Morgan fingerprint density at radius 3 is 2.77 bits per heavy atom. The Morgan fingerprint density at radius 1 is 1.12 bits per heavy atom. The Bertz CT molecular complexity index is 1010. The molecule has 1 amide bonds. The van der Waals surface area contributed by atoms with E-state index >= 15 is 0 Å². The van der Waals surface area contributed by atoms with Crippen LogP contribution < -0.4 is 14.8 Å². The van der Waals surface area contributed by atoms with Crippen molar-refractivity contribution in [2.24, 2.45) is 0 Å². The van der Waals surface area contributed by atoms with Crippen LogP contribution in [0, 0.1) is 6.92 Å². The van der Waals surface area contributed by atoms with Crippen LogP contribution in [0.2, 0.25) is 0 Å². The van der Waals surface area contributed by atoms with Crippen LogP contribution in [-0.2, 0) is 9.53 Å². The molecular weight excluding hydrogens is 338 g/mol. The molecule has 7 nitrogen and oxygen atoms in total. The van der Waals surface area contributed by atoms with Gasteiger partial charge in [0.1, 0.15) is 5.58 Å². The normalized spacial score (nSPS) is 12.2. The van der Waals surface area contributed by atoms with Crippen LogP contribution in [-0.4, -0.2) is 25.3 Å². The first-order valence-corrected chi connectivity index (χ1v) is 7.96. The minimum Gasteiger partial charge on any atom is -0.454 e. The molecular formula is C19H15NO6.